The van der Waals surface area contributed by atoms with Gasteiger partial charge in [-0.05, 0) is 60.7 Å². The minimum atomic E-state index is -0.568. The monoisotopic (exact) mass is 474 g/mol. The summed E-state index contributed by atoms with van der Waals surface area (Å²) in [7, 11) is 3.17. The van der Waals surface area contributed by atoms with E-state index in [0.717, 1.165) is 12.0 Å². The Bertz CT molecular complexity index is 967. The zero-order valence-electron chi connectivity index (χ0n) is 19.5. The van der Waals surface area contributed by atoms with Gasteiger partial charge in [-0.15, -0.1) is 11.8 Å². The number of amides is 2. The summed E-state index contributed by atoms with van der Waals surface area (Å²) in [5.74, 6) is 1.38. The normalized spacial score (nSPS) is 17.8. The van der Waals surface area contributed by atoms with Crippen LogP contribution in [0.2, 0.25) is 0 Å². The second-order valence-electron chi connectivity index (χ2n) is 8.38. The summed E-state index contributed by atoms with van der Waals surface area (Å²) in [6, 6.07) is 10.6. The van der Waals surface area contributed by atoms with E-state index in [1.807, 2.05) is 18.2 Å². The molecule has 0 aromatic heterocycles. The van der Waals surface area contributed by atoms with E-state index in [-0.39, 0.29) is 17.2 Å². The first kappa shape index (κ1) is 24.9. The fourth-order valence-electron chi connectivity index (χ4n) is 3.85. The molecule has 1 N–H and O–H groups in total. The number of hydrogen-bond acceptors (Lipinski definition) is 5. The highest BCUT2D eigenvalue weighted by atomic mass is 32.2. The van der Waals surface area contributed by atoms with Crippen molar-refractivity contribution in [2.45, 2.75) is 38.1 Å². The molecule has 2 amide bonds. The fourth-order valence-corrected chi connectivity index (χ4v) is 5.49. The van der Waals surface area contributed by atoms with Crippen molar-refractivity contribution in [2.24, 2.45) is 5.92 Å². The lowest BCUT2D eigenvalue weighted by atomic mass is 10.1. The van der Waals surface area contributed by atoms with Crippen molar-refractivity contribution in [2.75, 3.05) is 26.5 Å². The maximum absolute atomic E-state index is 13.3. The molecule has 178 valence electrons. The molecule has 33 heavy (non-hydrogen) atoms. The van der Waals surface area contributed by atoms with Crippen LogP contribution in [0.4, 0.5) is 4.39 Å². The van der Waals surface area contributed by atoms with Crippen LogP contribution in [0.3, 0.4) is 0 Å². The van der Waals surface area contributed by atoms with Crippen LogP contribution in [0, 0.1) is 11.7 Å². The van der Waals surface area contributed by atoms with Gasteiger partial charge in [0.2, 0.25) is 5.91 Å². The average Bonchev–Trinajstić information content (AvgIpc) is 3.21. The molecular weight excluding hydrogens is 443 g/mol. The predicted molar refractivity (Wildman–Crippen MR) is 128 cm³/mol. The number of thioether (sulfide) groups is 1. The Hall–Kier alpha value is -2.74. The van der Waals surface area contributed by atoms with Crippen molar-refractivity contribution >= 4 is 23.6 Å². The van der Waals surface area contributed by atoms with E-state index >= 15 is 0 Å². The van der Waals surface area contributed by atoms with E-state index in [0.29, 0.717) is 41.7 Å². The molecule has 0 saturated carbocycles. The fraction of sp³-hybridized carbons (Fsp3) is 0.440. The van der Waals surface area contributed by atoms with Crippen LogP contribution >= 0.6 is 11.8 Å². The van der Waals surface area contributed by atoms with Gasteiger partial charge in [0.1, 0.15) is 11.9 Å². The van der Waals surface area contributed by atoms with Gasteiger partial charge >= 0.3 is 0 Å². The van der Waals surface area contributed by atoms with Gasteiger partial charge < -0.3 is 19.7 Å². The minimum absolute atomic E-state index is 0.0934. The molecule has 0 bridgehead atoms. The first-order valence-corrected chi connectivity index (χ1v) is 12.1. The summed E-state index contributed by atoms with van der Waals surface area (Å²) in [6.45, 7) is 4.62. The van der Waals surface area contributed by atoms with Crippen molar-refractivity contribution < 1.29 is 23.5 Å². The quantitative estimate of drug-likeness (QED) is 0.592. The second kappa shape index (κ2) is 11.4. The lowest BCUT2D eigenvalue weighted by molar-refractivity contribution is -0.124. The van der Waals surface area contributed by atoms with Crippen molar-refractivity contribution in [1.29, 1.82) is 0 Å². The lowest BCUT2D eigenvalue weighted by Crippen LogP contribution is -2.50. The maximum Gasteiger partial charge on any atom is 0.255 e. The second-order valence-corrected chi connectivity index (χ2v) is 9.59. The van der Waals surface area contributed by atoms with Gasteiger partial charge in [0.05, 0.1) is 19.6 Å². The summed E-state index contributed by atoms with van der Waals surface area (Å²) in [5, 5.41) is 2.89. The van der Waals surface area contributed by atoms with E-state index in [2.05, 4.69) is 19.2 Å². The lowest BCUT2D eigenvalue weighted by Gasteiger charge is -2.30. The van der Waals surface area contributed by atoms with E-state index in [1.54, 1.807) is 30.9 Å². The van der Waals surface area contributed by atoms with Gasteiger partial charge in [-0.2, -0.15) is 0 Å². The Morgan fingerprint density at radius 2 is 1.82 bits per heavy atom. The van der Waals surface area contributed by atoms with Gasteiger partial charge in [0.15, 0.2) is 11.5 Å². The topological polar surface area (TPSA) is 67.9 Å². The number of carbonyl (C=O) groups is 2. The number of hydrogen-bond donors (Lipinski definition) is 1. The molecule has 0 aliphatic carbocycles. The van der Waals surface area contributed by atoms with Crippen molar-refractivity contribution in [3.8, 4) is 11.5 Å². The number of nitrogens with one attached hydrogen (secondary N) is 1. The molecule has 1 fully saturated rings. The van der Waals surface area contributed by atoms with Crippen LogP contribution < -0.4 is 14.8 Å². The summed E-state index contributed by atoms with van der Waals surface area (Å²) in [6.07, 6.45) is 1.40. The average molecular weight is 475 g/mol. The minimum Gasteiger partial charge on any atom is -0.493 e. The van der Waals surface area contributed by atoms with Crippen molar-refractivity contribution in [3.05, 3.63) is 59.4 Å². The van der Waals surface area contributed by atoms with Gasteiger partial charge in [-0.25, -0.2) is 4.39 Å². The Morgan fingerprint density at radius 1 is 1.12 bits per heavy atom. The zero-order chi connectivity index (χ0) is 24.0. The Morgan fingerprint density at radius 3 is 2.45 bits per heavy atom. The molecule has 1 heterocycles. The molecule has 6 nitrogen and oxygen atoms in total. The highest BCUT2D eigenvalue weighted by molar-refractivity contribution is 8.00. The van der Waals surface area contributed by atoms with Crippen LogP contribution in [-0.4, -0.2) is 54.6 Å². The summed E-state index contributed by atoms with van der Waals surface area (Å²) in [4.78, 5) is 28.0. The van der Waals surface area contributed by atoms with Gasteiger partial charge in [-0.1, -0.05) is 19.9 Å². The zero-order valence-corrected chi connectivity index (χ0v) is 20.3. The first-order chi connectivity index (χ1) is 15.8. The molecule has 1 saturated heterocycles. The first-order valence-electron chi connectivity index (χ1n) is 11.0. The van der Waals surface area contributed by atoms with E-state index in [4.69, 9.17) is 9.47 Å². The molecule has 2 unspecified atom stereocenters. The smallest absolute Gasteiger partial charge is 0.255 e. The Balaban J connectivity index is 1.68. The molecule has 3 rings (SSSR count). The molecule has 1 aliphatic rings. The third-order valence-electron chi connectivity index (χ3n) is 5.55. The van der Waals surface area contributed by atoms with Crippen LogP contribution in [0.15, 0.2) is 42.5 Å². The third kappa shape index (κ3) is 6.19. The van der Waals surface area contributed by atoms with E-state index in [1.165, 1.54) is 24.3 Å². The molecule has 1 aliphatic heterocycles. The number of nitrogens with zero attached hydrogens (tertiary/aromatic N) is 1. The highest BCUT2D eigenvalue weighted by Gasteiger charge is 2.41. The molecule has 0 radical (unpaired) electrons. The number of methoxy groups -OCH3 is 2. The summed E-state index contributed by atoms with van der Waals surface area (Å²) in [5.41, 5.74) is 1.39. The molecular formula is C25H31FN2O4S. The number of rotatable bonds is 9. The summed E-state index contributed by atoms with van der Waals surface area (Å²) >= 11 is 1.62. The molecule has 2 aromatic rings. The van der Waals surface area contributed by atoms with Crippen LogP contribution in [0.5, 0.6) is 11.5 Å². The SMILES string of the molecule is COc1ccc(CCNC(=O)C2CSC(CC(C)C)N2C(=O)c2ccc(F)cc2)cc1OC. The Kier molecular flexibility index (Phi) is 8.61. The molecule has 8 heteroatoms. The highest BCUT2D eigenvalue weighted by Crippen LogP contribution is 2.35. The number of carbonyl (C=O) groups excluding carboxylic acids is 2. The Labute approximate surface area is 198 Å². The van der Waals surface area contributed by atoms with Crippen LogP contribution in [0.1, 0.15) is 36.2 Å². The van der Waals surface area contributed by atoms with Crippen molar-refractivity contribution in [3.63, 3.8) is 0 Å². The van der Waals surface area contributed by atoms with E-state index in [9.17, 15) is 14.0 Å². The molecule has 2 aromatic carbocycles. The molecule has 0 spiro atoms. The standard InChI is InChI=1S/C25H31FN2O4S/c1-16(2)13-23-28(25(30)18-6-8-19(26)9-7-18)20(15-33-23)24(29)27-12-11-17-5-10-21(31-3)22(14-17)32-4/h5-10,14,16,20,23H,11-13,15H2,1-4H3,(H,27,29). The maximum atomic E-state index is 13.3. The van der Waals surface area contributed by atoms with Crippen LogP contribution in [-0.2, 0) is 11.2 Å². The van der Waals surface area contributed by atoms with Gasteiger partial charge in [0, 0.05) is 17.9 Å². The van der Waals surface area contributed by atoms with Crippen molar-refractivity contribution in [1.82, 2.24) is 10.2 Å². The number of benzene rings is 2. The molecule has 2 atom stereocenters. The van der Waals surface area contributed by atoms with Crippen LogP contribution in [0.25, 0.3) is 0 Å². The van der Waals surface area contributed by atoms with E-state index < -0.39 is 11.9 Å². The largest absolute Gasteiger partial charge is 0.493 e. The third-order valence-corrected chi connectivity index (χ3v) is 6.87. The summed E-state index contributed by atoms with van der Waals surface area (Å²) < 4.78 is 23.9. The van der Waals surface area contributed by atoms with Gasteiger partial charge in [-0.3, -0.25) is 9.59 Å². The number of halogens is 1. The predicted octanol–water partition coefficient (Wildman–Crippen LogP) is 4.13. The van der Waals surface area contributed by atoms with Gasteiger partial charge in [0.25, 0.3) is 5.91 Å². The number of ether oxygens (including phenoxy) is 2.